The number of aryl methyl sites for hydroxylation is 1. The summed E-state index contributed by atoms with van der Waals surface area (Å²) in [6.07, 6.45) is 5.75. The third kappa shape index (κ3) is 6.96. The standard InChI is InChI=1S/C19H30N2.C2H2O4/c1-16-6-5-9-19(14-16)21-12-10-20(11-13-21)15-18-8-4-3-7-17(18)2;3-1(4)2(5)6/h3-4,7-8,16,19H,5-6,9-15H2,1-2H3;(H,3,4)(H,5,6). The van der Waals surface area contributed by atoms with Gasteiger partial charge >= 0.3 is 11.9 Å². The maximum absolute atomic E-state index is 9.10. The second-order valence-electron chi connectivity index (χ2n) is 7.77. The number of carbonyl (C=O) groups is 2. The number of nitrogens with zero attached hydrogens (tertiary/aromatic N) is 2. The lowest BCUT2D eigenvalue weighted by molar-refractivity contribution is -0.159. The lowest BCUT2D eigenvalue weighted by Crippen LogP contribution is -2.50. The van der Waals surface area contributed by atoms with Gasteiger partial charge in [-0.3, -0.25) is 9.80 Å². The van der Waals surface area contributed by atoms with Crippen LogP contribution in [0.5, 0.6) is 0 Å². The van der Waals surface area contributed by atoms with Crippen molar-refractivity contribution >= 4 is 11.9 Å². The second kappa shape index (κ2) is 10.4. The number of hydrogen-bond donors (Lipinski definition) is 2. The largest absolute Gasteiger partial charge is 0.473 e. The summed E-state index contributed by atoms with van der Waals surface area (Å²) in [4.78, 5) is 23.6. The molecule has 0 radical (unpaired) electrons. The predicted octanol–water partition coefficient (Wildman–Crippen LogP) is 2.85. The Bertz CT molecular complexity index is 614. The minimum atomic E-state index is -1.82. The van der Waals surface area contributed by atoms with E-state index in [-0.39, 0.29) is 0 Å². The predicted molar refractivity (Wildman–Crippen MR) is 105 cm³/mol. The molecule has 1 heterocycles. The van der Waals surface area contributed by atoms with Gasteiger partial charge in [0.05, 0.1) is 0 Å². The van der Waals surface area contributed by atoms with Gasteiger partial charge in [-0.25, -0.2) is 9.59 Å². The van der Waals surface area contributed by atoms with Crippen molar-refractivity contribution in [2.45, 2.75) is 52.1 Å². The topological polar surface area (TPSA) is 81.1 Å². The first kappa shape index (κ1) is 21.4. The van der Waals surface area contributed by atoms with Crippen LogP contribution in [-0.2, 0) is 16.1 Å². The number of benzene rings is 1. The number of carboxylic acid groups (broad SMARTS) is 2. The fraction of sp³-hybridized carbons (Fsp3) is 0.619. The average Bonchev–Trinajstić information content (AvgIpc) is 2.65. The van der Waals surface area contributed by atoms with Crippen LogP contribution in [0, 0.1) is 12.8 Å². The zero-order valence-electron chi connectivity index (χ0n) is 16.4. The quantitative estimate of drug-likeness (QED) is 0.790. The van der Waals surface area contributed by atoms with E-state index in [4.69, 9.17) is 19.8 Å². The summed E-state index contributed by atoms with van der Waals surface area (Å²) < 4.78 is 0. The Labute approximate surface area is 161 Å². The highest BCUT2D eigenvalue weighted by atomic mass is 16.4. The maximum Gasteiger partial charge on any atom is 0.414 e. The van der Waals surface area contributed by atoms with Gasteiger partial charge in [-0.2, -0.15) is 0 Å². The van der Waals surface area contributed by atoms with Crippen molar-refractivity contribution in [1.29, 1.82) is 0 Å². The molecule has 6 heteroatoms. The van der Waals surface area contributed by atoms with E-state index in [0.717, 1.165) is 18.5 Å². The first-order valence-corrected chi connectivity index (χ1v) is 9.84. The van der Waals surface area contributed by atoms with E-state index in [1.807, 2.05) is 0 Å². The van der Waals surface area contributed by atoms with Gasteiger partial charge in [0, 0.05) is 38.8 Å². The Kier molecular flexibility index (Phi) is 8.25. The molecule has 27 heavy (non-hydrogen) atoms. The molecule has 0 aromatic heterocycles. The summed E-state index contributed by atoms with van der Waals surface area (Å²) in [5, 5.41) is 14.8. The van der Waals surface area contributed by atoms with Crippen LogP contribution in [0.2, 0.25) is 0 Å². The fourth-order valence-electron chi connectivity index (χ4n) is 4.05. The molecule has 1 aliphatic carbocycles. The van der Waals surface area contributed by atoms with Crippen LogP contribution < -0.4 is 0 Å². The summed E-state index contributed by atoms with van der Waals surface area (Å²) in [5.41, 5.74) is 2.93. The van der Waals surface area contributed by atoms with Crippen molar-refractivity contribution in [2.75, 3.05) is 26.2 Å². The van der Waals surface area contributed by atoms with E-state index >= 15 is 0 Å². The highest BCUT2D eigenvalue weighted by molar-refractivity contribution is 6.27. The normalized spacial score (nSPS) is 23.9. The van der Waals surface area contributed by atoms with Crippen molar-refractivity contribution in [2.24, 2.45) is 5.92 Å². The van der Waals surface area contributed by atoms with Gasteiger partial charge in [0.25, 0.3) is 0 Å². The van der Waals surface area contributed by atoms with Crippen molar-refractivity contribution < 1.29 is 19.8 Å². The smallest absolute Gasteiger partial charge is 0.414 e. The Hall–Kier alpha value is -1.92. The molecule has 1 saturated carbocycles. The molecule has 2 unspecified atom stereocenters. The Balaban J connectivity index is 0.000000380. The van der Waals surface area contributed by atoms with Gasteiger partial charge < -0.3 is 10.2 Å². The molecular weight excluding hydrogens is 344 g/mol. The molecule has 2 atom stereocenters. The minimum absolute atomic E-state index is 0.870. The van der Waals surface area contributed by atoms with E-state index in [0.29, 0.717) is 0 Å². The summed E-state index contributed by atoms with van der Waals surface area (Å²) in [5.74, 6) is -2.71. The molecule has 1 aromatic rings. The average molecular weight is 376 g/mol. The zero-order valence-corrected chi connectivity index (χ0v) is 16.4. The summed E-state index contributed by atoms with van der Waals surface area (Å²) in [6.45, 7) is 10.8. The molecular formula is C21H32N2O4. The van der Waals surface area contributed by atoms with Gasteiger partial charge in [-0.1, -0.05) is 44.0 Å². The van der Waals surface area contributed by atoms with Gasteiger partial charge in [0.15, 0.2) is 0 Å². The Morgan fingerprint density at radius 3 is 2.22 bits per heavy atom. The molecule has 2 fully saturated rings. The highest BCUT2D eigenvalue weighted by Crippen LogP contribution is 2.28. The third-order valence-corrected chi connectivity index (χ3v) is 5.67. The Morgan fingerprint density at radius 2 is 1.67 bits per heavy atom. The van der Waals surface area contributed by atoms with Crippen LogP contribution in [0.25, 0.3) is 0 Å². The van der Waals surface area contributed by atoms with Crippen molar-refractivity contribution in [3.8, 4) is 0 Å². The molecule has 1 saturated heterocycles. The molecule has 6 nitrogen and oxygen atoms in total. The van der Waals surface area contributed by atoms with Crippen LogP contribution in [0.4, 0.5) is 0 Å². The van der Waals surface area contributed by atoms with Gasteiger partial charge in [-0.05, 0) is 36.8 Å². The molecule has 3 rings (SSSR count). The summed E-state index contributed by atoms with van der Waals surface area (Å²) >= 11 is 0. The minimum Gasteiger partial charge on any atom is -0.473 e. The third-order valence-electron chi connectivity index (χ3n) is 5.67. The second-order valence-corrected chi connectivity index (χ2v) is 7.77. The SMILES string of the molecule is Cc1ccccc1CN1CCN(C2CCCC(C)C2)CC1.O=C(O)C(=O)O. The van der Waals surface area contributed by atoms with Crippen LogP contribution in [0.3, 0.4) is 0 Å². The summed E-state index contributed by atoms with van der Waals surface area (Å²) in [6, 6.07) is 9.69. The highest BCUT2D eigenvalue weighted by Gasteiger charge is 2.27. The van der Waals surface area contributed by atoms with Gasteiger partial charge in [-0.15, -0.1) is 0 Å². The first-order chi connectivity index (χ1) is 12.9. The van der Waals surface area contributed by atoms with E-state index in [1.165, 1.54) is 63.0 Å². The zero-order chi connectivity index (χ0) is 19.8. The monoisotopic (exact) mass is 376 g/mol. The van der Waals surface area contributed by atoms with E-state index < -0.39 is 11.9 Å². The number of hydrogen-bond acceptors (Lipinski definition) is 4. The molecule has 0 spiro atoms. The summed E-state index contributed by atoms with van der Waals surface area (Å²) in [7, 11) is 0. The first-order valence-electron chi connectivity index (χ1n) is 9.84. The van der Waals surface area contributed by atoms with E-state index in [9.17, 15) is 0 Å². The number of piperazine rings is 1. The van der Waals surface area contributed by atoms with Crippen molar-refractivity contribution in [3.05, 3.63) is 35.4 Å². The van der Waals surface area contributed by atoms with E-state index in [1.54, 1.807) is 0 Å². The fourth-order valence-corrected chi connectivity index (χ4v) is 4.05. The number of rotatable bonds is 3. The molecule has 1 aromatic carbocycles. The van der Waals surface area contributed by atoms with Crippen molar-refractivity contribution in [1.82, 2.24) is 9.80 Å². The van der Waals surface area contributed by atoms with E-state index in [2.05, 4.69) is 47.9 Å². The van der Waals surface area contributed by atoms with Gasteiger partial charge in [0.1, 0.15) is 0 Å². The molecule has 2 aliphatic rings. The lowest BCUT2D eigenvalue weighted by atomic mass is 9.86. The maximum atomic E-state index is 9.10. The number of aliphatic carboxylic acids is 2. The molecule has 150 valence electrons. The lowest BCUT2D eigenvalue weighted by Gasteiger charge is -2.42. The number of carboxylic acids is 2. The van der Waals surface area contributed by atoms with Crippen LogP contribution in [0.1, 0.15) is 43.7 Å². The van der Waals surface area contributed by atoms with Crippen LogP contribution in [0.15, 0.2) is 24.3 Å². The molecule has 0 amide bonds. The van der Waals surface area contributed by atoms with Crippen LogP contribution >= 0.6 is 0 Å². The van der Waals surface area contributed by atoms with Gasteiger partial charge in [0.2, 0.25) is 0 Å². The molecule has 2 N–H and O–H groups in total. The Morgan fingerprint density at radius 1 is 1.04 bits per heavy atom. The van der Waals surface area contributed by atoms with Crippen LogP contribution in [-0.4, -0.2) is 64.2 Å². The molecule has 1 aliphatic heterocycles. The molecule has 0 bridgehead atoms. The van der Waals surface area contributed by atoms with Crippen molar-refractivity contribution in [3.63, 3.8) is 0 Å².